The summed E-state index contributed by atoms with van der Waals surface area (Å²) < 4.78 is 18.0. The number of rotatable bonds is 4. The molecule has 0 saturated heterocycles. The van der Waals surface area contributed by atoms with E-state index in [2.05, 4.69) is 0 Å². The summed E-state index contributed by atoms with van der Waals surface area (Å²) in [5.74, 6) is 0.649. The normalized spacial score (nSPS) is 10.3. The molecule has 2 aromatic carbocycles. The van der Waals surface area contributed by atoms with Gasteiger partial charge in [0.25, 0.3) is 0 Å². The van der Waals surface area contributed by atoms with Crippen molar-refractivity contribution < 1.29 is 14.2 Å². The number of phenols is 1. The van der Waals surface area contributed by atoms with Crippen molar-refractivity contribution in [3.8, 4) is 11.5 Å². The molecule has 0 heterocycles. The van der Waals surface area contributed by atoms with E-state index in [9.17, 15) is 9.50 Å². The molecule has 100 valence electrons. The molecule has 2 aromatic rings. The molecule has 0 aliphatic rings. The monoisotopic (exact) mass is 261 g/mol. The van der Waals surface area contributed by atoms with Crippen LogP contribution in [-0.4, -0.2) is 19.3 Å². The first kappa shape index (κ1) is 13.2. The van der Waals surface area contributed by atoms with Gasteiger partial charge < -0.3 is 14.7 Å². The number of hydrogen-bond acceptors (Lipinski definition) is 3. The van der Waals surface area contributed by atoms with Crippen LogP contribution >= 0.6 is 0 Å². The number of anilines is 1. The Morgan fingerprint density at radius 2 is 1.84 bits per heavy atom. The summed E-state index contributed by atoms with van der Waals surface area (Å²) in [5.41, 5.74) is 1.63. The Labute approximate surface area is 111 Å². The van der Waals surface area contributed by atoms with Gasteiger partial charge in [0, 0.05) is 24.8 Å². The second kappa shape index (κ2) is 5.61. The Morgan fingerprint density at radius 1 is 1.16 bits per heavy atom. The van der Waals surface area contributed by atoms with Gasteiger partial charge in [-0.25, -0.2) is 4.39 Å². The van der Waals surface area contributed by atoms with Crippen molar-refractivity contribution in [1.29, 1.82) is 0 Å². The third-order valence-corrected chi connectivity index (χ3v) is 2.96. The van der Waals surface area contributed by atoms with Crippen LogP contribution in [0.2, 0.25) is 0 Å². The molecule has 0 aromatic heterocycles. The van der Waals surface area contributed by atoms with Crippen molar-refractivity contribution >= 4 is 5.69 Å². The molecule has 2 rings (SSSR count). The topological polar surface area (TPSA) is 32.7 Å². The number of methoxy groups -OCH3 is 1. The van der Waals surface area contributed by atoms with Crippen LogP contribution in [0.4, 0.5) is 10.1 Å². The van der Waals surface area contributed by atoms with Gasteiger partial charge in [-0.2, -0.15) is 0 Å². The lowest BCUT2D eigenvalue weighted by atomic mass is 10.1. The lowest BCUT2D eigenvalue weighted by molar-refractivity contribution is 0.410. The summed E-state index contributed by atoms with van der Waals surface area (Å²) in [5, 5.41) is 9.83. The van der Waals surface area contributed by atoms with E-state index < -0.39 is 0 Å². The van der Waals surface area contributed by atoms with E-state index in [4.69, 9.17) is 4.74 Å². The standard InChI is InChI=1S/C15H16FNO2/c1-17(13-5-3-12(16)4-6-13)10-11-9-14(19-2)7-8-15(11)18/h3-9,18H,10H2,1-2H3. The molecule has 3 nitrogen and oxygen atoms in total. The van der Waals surface area contributed by atoms with Crippen LogP contribution in [0.25, 0.3) is 0 Å². The average molecular weight is 261 g/mol. The van der Waals surface area contributed by atoms with E-state index in [0.29, 0.717) is 12.3 Å². The molecule has 0 aliphatic heterocycles. The third-order valence-electron chi connectivity index (χ3n) is 2.96. The minimum absolute atomic E-state index is 0.217. The van der Waals surface area contributed by atoms with Crippen molar-refractivity contribution in [3.63, 3.8) is 0 Å². The molecule has 1 N–H and O–H groups in total. The first-order valence-corrected chi connectivity index (χ1v) is 5.92. The van der Waals surface area contributed by atoms with E-state index in [1.807, 2.05) is 11.9 Å². The molecule has 0 amide bonds. The molecule has 4 heteroatoms. The molecule has 0 saturated carbocycles. The lowest BCUT2D eigenvalue weighted by Crippen LogP contribution is -2.16. The molecule has 0 bridgehead atoms. The second-order valence-electron chi connectivity index (χ2n) is 4.33. The summed E-state index contributed by atoms with van der Waals surface area (Å²) in [4.78, 5) is 1.92. The number of halogens is 1. The number of hydrogen-bond donors (Lipinski definition) is 1. The Kier molecular flexibility index (Phi) is 3.90. The van der Waals surface area contributed by atoms with Crippen molar-refractivity contribution in [2.75, 3.05) is 19.1 Å². The lowest BCUT2D eigenvalue weighted by Gasteiger charge is -2.20. The molecule has 0 fully saturated rings. The molecule has 0 aliphatic carbocycles. The first-order valence-electron chi connectivity index (χ1n) is 5.92. The van der Waals surface area contributed by atoms with Crippen molar-refractivity contribution in [2.24, 2.45) is 0 Å². The van der Waals surface area contributed by atoms with Crippen LogP contribution in [0, 0.1) is 5.82 Å². The highest BCUT2D eigenvalue weighted by molar-refractivity contribution is 5.48. The van der Waals surface area contributed by atoms with Gasteiger partial charge in [0.15, 0.2) is 0 Å². The van der Waals surface area contributed by atoms with Gasteiger partial charge in [0.2, 0.25) is 0 Å². The first-order chi connectivity index (χ1) is 9.10. The van der Waals surface area contributed by atoms with Gasteiger partial charge in [-0.05, 0) is 42.5 Å². The highest BCUT2D eigenvalue weighted by atomic mass is 19.1. The highest BCUT2D eigenvalue weighted by Gasteiger charge is 2.07. The van der Waals surface area contributed by atoms with Crippen LogP contribution in [0.3, 0.4) is 0 Å². The Hall–Kier alpha value is -2.23. The van der Waals surface area contributed by atoms with Crippen LogP contribution in [0.15, 0.2) is 42.5 Å². The van der Waals surface area contributed by atoms with Gasteiger partial charge in [0.1, 0.15) is 17.3 Å². The summed E-state index contributed by atoms with van der Waals surface area (Å²) in [6.45, 7) is 0.509. The predicted octanol–water partition coefficient (Wildman–Crippen LogP) is 3.18. The van der Waals surface area contributed by atoms with E-state index in [1.54, 1.807) is 37.4 Å². The van der Waals surface area contributed by atoms with Crippen LogP contribution < -0.4 is 9.64 Å². The van der Waals surface area contributed by atoms with Gasteiger partial charge in [0.05, 0.1) is 7.11 Å². The smallest absolute Gasteiger partial charge is 0.123 e. The predicted molar refractivity (Wildman–Crippen MR) is 73.2 cm³/mol. The molecule has 0 spiro atoms. The van der Waals surface area contributed by atoms with Gasteiger partial charge in [-0.15, -0.1) is 0 Å². The zero-order valence-corrected chi connectivity index (χ0v) is 10.9. The van der Waals surface area contributed by atoms with E-state index >= 15 is 0 Å². The van der Waals surface area contributed by atoms with Gasteiger partial charge in [-0.3, -0.25) is 0 Å². The van der Waals surface area contributed by atoms with Crippen LogP contribution in [0.5, 0.6) is 11.5 Å². The van der Waals surface area contributed by atoms with Crippen molar-refractivity contribution in [3.05, 3.63) is 53.8 Å². The maximum Gasteiger partial charge on any atom is 0.123 e. The van der Waals surface area contributed by atoms with Gasteiger partial charge >= 0.3 is 0 Å². The van der Waals surface area contributed by atoms with Crippen LogP contribution in [-0.2, 0) is 6.54 Å². The average Bonchev–Trinajstić information content (AvgIpc) is 2.42. The molecule has 0 atom stereocenters. The molecule has 0 radical (unpaired) electrons. The molecular formula is C15H16FNO2. The summed E-state index contributed by atoms with van der Waals surface area (Å²) in [6, 6.07) is 11.3. The molecule has 19 heavy (non-hydrogen) atoms. The fourth-order valence-corrected chi connectivity index (χ4v) is 1.86. The van der Waals surface area contributed by atoms with Crippen LogP contribution in [0.1, 0.15) is 5.56 Å². The maximum atomic E-state index is 12.9. The summed E-state index contributed by atoms with van der Waals surface area (Å²) in [6.07, 6.45) is 0. The number of aromatic hydroxyl groups is 1. The fourth-order valence-electron chi connectivity index (χ4n) is 1.86. The Morgan fingerprint density at radius 3 is 2.47 bits per heavy atom. The van der Waals surface area contributed by atoms with Gasteiger partial charge in [-0.1, -0.05) is 0 Å². The minimum atomic E-state index is -0.263. The quantitative estimate of drug-likeness (QED) is 0.917. The van der Waals surface area contributed by atoms with Crippen molar-refractivity contribution in [1.82, 2.24) is 0 Å². The zero-order valence-electron chi connectivity index (χ0n) is 10.9. The summed E-state index contributed by atoms with van der Waals surface area (Å²) in [7, 11) is 3.46. The summed E-state index contributed by atoms with van der Waals surface area (Å²) >= 11 is 0. The van der Waals surface area contributed by atoms with Crippen molar-refractivity contribution in [2.45, 2.75) is 6.54 Å². The second-order valence-corrected chi connectivity index (χ2v) is 4.33. The Balaban J connectivity index is 2.18. The third kappa shape index (κ3) is 3.16. The van der Waals surface area contributed by atoms with E-state index in [1.165, 1.54) is 12.1 Å². The SMILES string of the molecule is COc1ccc(O)c(CN(C)c2ccc(F)cc2)c1. The number of ether oxygens (including phenoxy) is 1. The highest BCUT2D eigenvalue weighted by Crippen LogP contribution is 2.25. The number of nitrogens with zero attached hydrogens (tertiary/aromatic N) is 1. The van der Waals surface area contributed by atoms with E-state index in [0.717, 1.165) is 11.3 Å². The Bertz CT molecular complexity index is 555. The number of benzene rings is 2. The largest absolute Gasteiger partial charge is 0.508 e. The minimum Gasteiger partial charge on any atom is -0.508 e. The number of phenolic OH excluding ortho intramolecular Hbond substituents is 1. The molecular weight excluding hydrogens is 245 g/mol. The zero-order chi connectivity index (χ0) is 13.8. The van der Waals surface area contributed by atoms with E-state index in [-0.39, 0.29) is 11.6 Å². The fraction of sp³-hybridized carbons (Fsp3) is 0.200. The molecule has 0 unspecified atom stereocenters. The maximum absolute atomic E-state index is 12.9.